The van der Waals surface area contributed by atoms with Gasteiger partial charge in [0.25, 0.3) is 0 Å². The highest BCUT2D eigenvalue weighted by Gasteiger charge is 2.20. The van der Waals surface area contributed by atoms with Crippen molar-refractivity contribution in [3.63, 3.8) is 0 Å². The van der Waals surface area contributed by atoms with Crippen LogP contribution < -0.4 is 0 Å². The molecule has 10 rings (SSSR count). The summed E-state index contributed by atoms with van der Waals surface area (Å²) in [7, 11) is 0. The van der Waals surface area contributed by atoms with Gasteiger partial charge in [-0.2, -0.15) is 0 Å². The van der Waals surface area contributed by atoms with Crippen LogP contribution in [0.5, 0.6) is 0 Å². The number of nitrogens with zero attached hydrogens (tertiary/aromatic N) is 2. The Hall–Kier alpha value is -6.25. The van der Waals surface area contributed by atoms with Gasteiger partial charge >= 0.3 is 0 Å². The molecule has 0 aliphatic heterocycles. The molecule has 1 heterocycles. The Bertz CT molecular complexity index is 2780. The lowest BCUT2D eigenvalue weighted by molar-refractivity contribution is 0.735. The maximum absolute atomic E-state index is 5.14. The van der Waals surface area contributed by atoms with Gasteiger partial charge in [-0.15, -0.1) is 0 Å². The van der Waals surface area contributed by atoms with Crippen LogP contribution in [0.3, 0.4) is 0 Å². The molecular formula is C49H36N2. The summed E-state index contributed by atoms with van der Waals surface area (Å²) in [6.45, 7) is 0. The minimum Gasteiger partial charge on any atom is -0.293 e. The third-order valence-corrected chi connectivity index (χ3v) is 10.7. The molecule has 2 nitrogen and oxygen atoms in total. The topological polar surface area (TPSA) is 17.8 Å². The first kappa shape index (κ1) is 29.6. The van der Waals surface area contributed by atoms with E-state index in [1.165, 1.54) is 84.1 Å². The van der Waals surface area contributed by atoms with Crippen LogP contribution in [0.25, 0.3) is 88.0 Å². The number of benzene rings is 8. The highest BCUT2D eigenvalue weighted by Crippen LogP contribution is 2.45. The van der Waals surface area contributed by atoms with Gasteiger partial charge < -0.3 is 0 Å². The van der Waals surface area contributed by atoms with Gasteiger partial charge in [0.05, 0.1) is 11.0 Å². The molecule has 0 bridgehead atoms. The van der Waals surface area contributed by atoms with E-state index in [-0.39, 0.29) is 0 Å². The van der Waals surface area contributed by atoms with Crippen LogP contribution >= 0.6 is 0 Å². The number of allylic oxidation sites excluding steroid dienone is 2. The number of hydrogen-bond acceptors (Lipinski definition) is 1. The van der Waals surface area contributed by atoms with E-state index in [1.807, 2.05) is 0 Å². The fourth-order valence-electron chi connectivity index (χ4n) is 8.28. The first-order chi connectivity index (χ1) is 25.3. The highest BCUT2D eigenvalue weighted by molar-refractivity contribution is 6.22. The van der Waals surface area contributed by atoms with Crippen LogP contribution in [-0.2, 0) is 0 Å². The van der Waals surface area contributed by atoms with E-state index < -0.39 is 0 Å². The highest BCUT2D eigenvalue weighted by atomic mass is 15.1. The zero-order valence-corrected chi connectivity index (χ0v) is 28.4. The minimum atomic E-state index is 1.04. The van der Waals surface area contributed by atoms with Gasteiger partial charge in [0, 0.05) is 5.69 Å². The first-order valence-electron chi connectivity index (χ1n) is 18.1. The van der Waals surface area contributed by atoms with Crippen molar-refractivity contribution in [2.45, 2.75) is 25.7 Å². The van der Waals surface area contributed by atoms with E-state index in [9.17, 15) is 0 Å². The number of rotatable bonds is 5. The Morgan fingerprint density at radius 3 is 1.92 bits per heavy atom. The number of aromatic nitrogens is 2. The molecule has 0 atom stereocenters. The standard InChI is InChI=1S/C49H36N2/c1-3-14-35(15-4-1)47-41-19-9-10-20-42(41)48(39-24-23-33-13-7-8-18-37(33)31-39)43-30-27-38(32-44(43)47)34-25-28-40(29-26-34)51-46-22-12-11-21-45(46)50-49(51)36-16-5-2-6-17-36/h1,3-4,7-16,18-32H,2,5-6,17H2. The van der Waals surface area contributed by atoms with Crippen molar-refractivity contribution >= 4 is 48.9 Å². The summed E-state index contributed by atoms with van der Waals surface area (Å²) in [4.78, 5) is 5.14. The summed E-state index contributed by atoms with van der Waals surface area (Å²) in [6, 6.07) is 60.0. The van der Waals surface area contributed by atoms with E-state index in [0.29, 0.717) is 0 Å². The third-order valence-electron chi connectivity index (χ3n) is 10.7. The van der Waals surface area contributed by atoms with Crippen molar-refractivity contribution in [1.29, 1.82) is 0 Å². The van der Waals surface area contributed by atoms with Crippen LogP contribution in [-0.4, -0.2) is 9.55 Å². The van der Waals surface area contributed by atoms with Gasteiger partial charge in [0.15, 0.2) is 0 Å². The van der Waals surface area contributed by atoms with Crippen LogP contribution in [0.15, 0.2) is 170 Å². The van der Waals surface area contributed by atoms with Crippen molar-refractivity contribution in [2.75, 3.05) is 0 Å². The fraction of sp³-hybridized carbons (Fsp3) is 0.0816. The van der Waals surface area contributed by atoms with Crippen molar-refractivity contribution in [3.05, 3.63) is 176 Å². The summed E-state index contributed by atoms with van der Waals surface area (Å²) < 4.78 is 2.35. The first-order valence-corrected chi connectivity index (χ1v) is 18.1. The summed E-state index contributed by atoms with van der Waals surface area (Å²) in [6.07, 6.45) is 7.08. The quantitative estimate of drug-likeness (QED) is 0.169. The molecule has 242 valence electrons. The molecule has 0 radical (unpaired) electrons. The third kappa shape index (κ3) is 5.06. The Balaban J connectivity index is 1.17. The van der Waals surface area contributed by atoms with E-state index in [0.717, 1.165) is 35.4 Å². The van der Waals surface area contributed by atoms with Gasteiger partial charge in [-0.05, 0) is 133 Å². The van der Waals surface area contributed by atoms with Gasteiger partial charge in [0.1, 0.15) is 5.82 Å². The second-order valence-electron chi connectivity index (χ2n) is 13.8. The molecule has 51 heavy (non-hydrogen) atoms. The van der Waals surface area contributed by atoms with Crippen molar-refractivity contribution in [2.24, 2.45) is 0 Å². The Morgan fingerprint density at radius 1 is 0.451 bits per heavy atom. The fourth-order valence-corrected chi connectivity index (χ4v) is 8.28. The van der Waals surface area contributed by atoms with E-state index in [2.05, 4.69) is 174 Å². The normalized spacial score (nSPS) is 13.3. The molecule has 9 aromatic rings. The predicted octanol–water partition coefficient (Wildman–Crippen LogP) is 13.4. The summed E-state index contributed by atoms with van der Waals surface area (Å²) in [5, 5.41) is 7.57. The van der Waals surface area contributed by atoms with Crippen LogP contribution in [0.4, 0.5) is 0 Å². The van der Waals surface area contributed by atoms with Crippen molar-refractivity contribution in [3.8, 4) is 39.1 Å². The largest absolute Gasteiger partial charge is 0.293 e. The smallest absolute Gasteiger partial charge is 0.141 e. The van der Waals surface area contributed by atoms with Crippen molar-refractivity contribution in [1.82, 2.24) is 9.55 Å². The van der Waals surface area contributed by atoms with E-state index in [4.69, 9.17) is 4.98 Å². The molecular weight excluding hydrogens is 617 g/mol. The van der Waals surface area contributed by atoms with E-state index >= 15 is 0 Å². The van der Waals surface area contributed by atoms with Crippen molar-refractivity contribution < 1.29 is 0 Å². The van der Waals surface area contributed by atoms with Gasteiger partial charge in [-0.3, -0.25) is 4.57 Å². The molecule has 0 amide bonds. The van der Waals surface area contributed by atoms with Gasteiger partial charge in [-0.1, -0.05) is 133 Å². The molecule has 0 spiro atoms. The number of hydrogen-bond donors (Lipinski definition) is 0. The second kappa shape index (κ2) is 12.3. The number of imidazole rings is 1. The molecule has 2 heteroatoms. The monoisotopic (exact) mass is 652 g/mol. The molecule has 1 aromatic heterocycles. The lowest BCUT2D eigenvalue weighted by Gasteiger charge is -2.19. The summed E-state index contributed by atoms with van der Waals surface area (Å²) >= 11 is 0. The average Bonchev–Trinajstić information content (AvgIpc) is 3.60. The molecule has 0 saturated carbocycles. The van der Waals surface area contributed by atoms with Gasteiger partial charge in [0.2, 0.25) is 0 Å². The Labute approximate surface area is 298 Å². The number of para-hydroxylation sites is 2. The molecule has 8 aromatic carbocycles. The maximum Gasteiger partial charge on any atom is 0.141 e. The van der Waals surface area contributed by atoms with Crippen LogP contribution in [0.1, 0.15) is 31.5 Å². The van der Waals surface area contributed by atoms with Crippen LogP contribution in [0, 0.1) is 0 Å². The minimum absolute atomic E-state index is 1.04. The molecule has 0 fully saturated rings. The Morgan fingerprint density at radius 2 is 1.12 bits per heavy atom. The zero-order chi connectivity index (χ0) is 33.7. The van der Waals surface area contributed by atoms with Crippen LogP contribution in [0.2, 0.25) is 0 Å². The average molecular weight is 653 g/mol. The molecule has 0 saturated heterocycles. The lowest BCUT2D eigenvalue weighted by atomic mass is 9.84. The molecule has 0 unspecified atom stereocenters. The predicted molar refractivity (Wildman–Crippen MR) is 216 cm³/mol. The second-order valence-corrected chi connectivity index (χ2v) is 13.8. The number of fused-ring (bicyclic) bond motifs is 4. The molecule has 1 aliphatic rings. The molecule has 1 aliphatic carbocycles. The SMILES string of the molecule is C1=C(c2nc3ccccc3n2-c2ccc(-c3ccc4c(-c5ccc6ccccc6c5)c5ccccc5c(-c5ccccc5)c4c3)cc2)CCCC1. The lowest BCUT2D eigenvalue weighted by Crippen LogP contribution is -2.03. The van der Waals surface area contributed by atoms with Gasteiger partial charge in [-0.25, -0.2) is 4.98 Å². The summed E-state index contributed by atoms with van der Waals surface area (Å²) in [5.74, 6) is 1.08. The summed E-state index contributed by atoms with van der Waals surface area (Å²) in [5.41, 5.74) is 12.1. The van der Waals surface area contributed by atoms with E-state index in [1.54, 1.807) is 0 Å². The zero-order valence-electron chi connectivity index (χ0n) is 28.4. The Kier molecular flexibility index (Phi) is 7.13. The maximum atomic E-state index is 5.14. The molecule has 0 N–H and O–H groups in total.